The third-order valence-electron chi connectivity index (χ3n) is 7.35. The van der Waals surface area contributed by atoms with Gasteiger partial charge in [0.05, 0.1) is 0 Å². The highest BCUT2D eigenvalue weighted by Gasteiger charge is 2.38. The number of unbranched alkanes of at least 4 members (excludes halogenated alkanes) is 1. The number of amides is 2. The number of benzene rings is 1. The van der Waals surface area contributed by atoms with Gasteiger partial charge >= 0.3 is 6.09 Å². The van der Waals surface area contributed by atoms with E-state index in [1.807, 2.05) is 43.9 Å². The molecule has 2 fully saturated rings. The van der Waals surface area contributed by atoms with Crippen molar-refractivity contribution in [3.05, 3.63) is 35.9 Å². The summed E-state index contributed by atoms with van der Waals surface area (Å²) in [4.78, 5) is 32.1. The number of nitrogens with zero attached hydrogens (tertiary/aromatic N) is 3. The van der Waals surface area contributed by atoms with Gasteiger partial charge in [0, 0.05) is 44.2 Å². The normalized spacial score (nSPS) is 17.9. The molecule has 1 saturated heterocycles. The monoisotopic (exact) mass is 485 g/mol. The van der Waals surface area contributed by atoms with Crippen LogP contribution in [0.4, 0.5) is 4.79 Å². The van der Waals surface area contributed by atoms with Gasteiger partial charge in [-0.2, -0.15) is 0 Å². The number of likely N-dealkylation sites (tertiary alicyclic amines) is 1. The number of hydrogen-bond acceptors (Lipinski definition) is 4. The van der Waals surface area contributed by atoms with Gasteiger partial charge in [0.25, 0.3) is 0 Å². The maximum absolute atomic E-state index is 13.0. The molecule has 0 N–H and O–H groups in total. The highest BCUT2D eigenvalue weighted by Crippen LogP contribution is 2.32. The third-order valence-corrected chi connectivity index (χ3v) is 7.35. The van der Waals surface area contributed by atoms with E-state index in [2.05, 4.69) is 35.8 Å². The van der Waals surface area contributed by atoms with Crippen LogP contribution in [0.2, 0.25) is 0 Å². The van der Waals surface area contributed by atoms with Crippen LogP contribution in [-0.2, 0) is 16.1 Å². The topological polar surface area (TPSA) is 53.1 Å². The Balaban J connectivity index is 1.57. The molecule has 196 valence electrons. The van der Waals surface area contributed by atoms with Crippen molar-refractivity contribution < 1.29 is 14.3 Å². The summed E-state index contributed by atoms with van der Waals surface area (Å²) >= 11 is 0. The average molecular weight is 486 g/mol. The van der Waals surface area contributed by atoms with Gasteiger partial charge in [-0.3, -0.25) is 9.69 Å². The second kappa shape index (κ2) is 12.2. The van der Waals surface area contributed by atoms with Crippen molar-refractivity contribution in [1.29, 1.82) is 0 Å². The molecule has 0 aromatic heterocycles. The molecule has 1 heterocycles. The average Bonchev–Trinajstić information content (AvgIpc) is 3.65. The van der Waals surface area contributed by atoms with Crippen LogP contribution in [0.25, 0.3) is 0 Å². The second-order valence-electron chi connectivity index (χ2n) is 11.7. The first-order valence-corrected chi connectivity index (χ1v) is 13.7. The Morgan fingerprint density at radius 2 is 1.66 bits per heavy atom. The zero-order valence-corrected chi connectivity index (χ0v) is 22.7. The quantitative estimate of drug-likeness (QED) is 0.403. The fourth-order valence-electron chi connectivity index (χ4n) is 4.93. The Bertz CT molecular complexity index is 808. The molecule has 2 aliphatic rings. The Labute approximate surface area is 213 Å². The van der Waals surface area contributed by atoms with Gasteiger partial charge in [0.2, 0.25) is 5.91 Å². The lowest BCUT2D eigenvalue weighted by Crippen LogP contribution is -2.55. The molecule has 1 saturated carbocycles. The highest BCUT2D eigenvalue weighted by atomic mass is 16.6. The molecule has 35 heavy (non-hydrogen) atoms. The number of hydrogen-bond donors (Lipinski definition) is 0. The lowest BCUT2D eigenvalue weighted by molar-refractivity contribution is -0.133. The van der Waals surface area contributed by atoms with Crippen LogP contribution in [0.5, 0.6) is 0 Å². The van der Waals surface area contributed by atoms with Gasteiger partial charge in [-0.05, 0) is 78.3 Å². The fraction of sp³-hybridized carbons (Fsp3) is 0.724. The van der Waals surface area contributed by atoms with Crippen LogP contribution in [0.15, 0.2) is 30.3 Å². The number of carbonyl (C=O) groups excluding carboxylic acids is 2. The van der Waals surface area contributed by atoms with E-state index in [1.54, 1.807) is 0 Å². The van der Waals surface area contributed by atoms with Crippen molar-refractivity contribution >= 4 is 12.0 Å². The summed E-state index contributed by atoms with van der Waals surface area (Å²) in [6.45, 7) is 15.3. The molecule has 1 aliphatic carbocycles. The van der Waals surface area contributed by atoms with Gasteiger partial charge in [-0.15, -0.1) is 0 Å². The maximum Gasteiger partial charge on any atom is 0.410 e. The molecular formula is C29H47N3O3. The summed E-state index contributed by atoms with van der Waals surface area (Å²) in [5.74, 6) is 0.565. The minimum absolute atomic E-state index is 0.0679. The summed E-state index contributed by atoms with van der Waals surface area (Å²) in [5.41, 5.74) is 0.804. The molecule has 1 aromatic carbocycles. The Hall–Kier alpha value is -2.08. The number of rotatable bonds is 11. The van der Waals surface area contributed by atoms with E-state index < -0.39 is 5.60 Å². The molecule has 3 rings (SSSR count). The van der Waals surface area contributed by atoms with Crippen molar-refractivity contribution in [3.8, 4) is 0 Å². The van der Waals surface area contributed by atoms with E-state index in [1.165, 1.54) is 12.0 Å². The Morgan fingerprint density at radius 1 is 1.03 bits per heavy atom. The predicted molar refractivity (Wildman–Crippen MR) is 141 cm³/mol. The van der Waals surface area contributed by atoms with E-state index in [-0.39, 0.29) is 17.6 Å². The van der Waals surface area contributed by atoms with Crippen LogP contribution in [0, 0.1) is 5.92 Å². The van der Waals surface area contributed by atoms with Crippen LogP contribution < -0.4 is 0 Å². The Kier molecular flexibility index (Phi) is 9.62. The summed E-state index contributed by atoms with van der Waals surface area (Å²) < 4.78 is 5.59. The minimum atomic E-state index is -0.464. The SMILES string of the molecule is CCCCN(CCCN(Cc1ccccc1)C(=O)C1CC1)C1(C)CCN(C(=O)OC(C)(C)C)CC1. The minimum Gasteiger partial charge on any atom is -0.444 e. The third kappa shape index (κ3) is 8.52. The van der Waals surface area contributed by atoms with Crippen molar-refractivity contribution in [2.45, 2.75) is 97.2 Å². The lowest BCUT2D eigenvalue weighted by Gasteiger charge is -2.47. The van der Waals surface area contributed by atoms with Crippen LogP contribution in [0.3, 0.4) is 0 Å². The van der Waals surface area contributed by atoms with Crippen LogP contribution in [-0.4, -0.2) is 70.6 Å². The lowest BCUT2D eigenvalue weighted by atomic mass is 9.87. The van der Waals surface area contributed by atoms with E-state index in [0.29, 0.717) is 12.5 Å². The first kappa shape index (κ1) is 27.5. The van der Waals surface area contributed by atoms with Gasteiger partial charge < -0.3 is 14.5 Å². The molecule has 2 amide bonds. The van der Waals surface area contributed by atoms with Crippen LogP contribution >= 0.6 is 0 Å². The first-order valence-electron chi connectivity index (χ1n) is 13.7. The smallest absolute Gasteiger partial charge is 0.410 e. The number of ether oxygens (including phenoxy) is 1. The predicted octanol–water partition coefficient (Wildman–Crippen LogP) is 5.71. The van der Waals surface area contributed by atoms with Gasteiger partial charge in [0.1, 0.15) is 5.60 Å². The standard InChI is InChI=1S/C29H47N3O3/c1-6-7-19-32(29(5)16-21-30(22-17-29)27(34)35-28(2,3)4)20-11-18-31(26(33)25-14-15-25)23-24-12-9-8-10-13-24/h8-10,12-13,25H,6-7,11,14-23H2,1-5H3. The number of carbonyl (C=O) groups is 2. The zero-order valence-electron chi connectivity index (χ0n) is 22.7. The summed E-state index contributed by atoms with van der Waals surface area (Å²) in [6, 6.07) is 10.3. The molecule has 0 spiro atoms. The van der Waals surface area contributed by atoms with Crippen molar-refractivity contribution in [3.63, 3.8) is 0 Å². The van der Waals surface area contributed by atoms with Gasteiger partial charge in [-0.25, -0.2) is 4.79 Å². The van der Waals surface area contributed by atoms with E-state index in [4.69, 9.17) is 4.74 Å². The molecule has 0 radical (unpaired) electrons. The number of piperidine rings is 1. The molecule has 6 nitrogen and oxygen atoms in total. The first-order chi connectivity index (χ1) is 16.6. The van der Waals surface area contributed by atoms with Gasteiger partial charge in [-0.1, -0.05) is 43.7 Å². The van der Waals surface area contributed by atoms with Crippen molar-refractivity contribution in [2.75, 3.05) is 32.7 Å². The summed E-state index contributed by atoms with van der Waals surface area (Å²) in [6.07, 6.45) is 7.08. The highest BCUT2D eigenvalue weighted by molar-refractivity contribution is 5.81. The van der Waals surface area contributed by atoms with Crippen molar-refractivity contribution in [2.24, 2.45) is 5.92 Å². The second-order valence-corrected chi connectivity index (χ2v) is 11.7. The molecular weight excluding hydrogens is 438 g/mol. The molecule has 1 aliphatic heterocycles. The fourth-order valence-corrected chi connectivity index (χ4v) is 4.93. The largest absolute Gasteiger partial charge is 0.444 e. The molecule has 1 aromatic rings. The van der Waals surface area contributed by atoms with Crippen LogP contribution in [0.1, 0.15) is 85.1 Å². The van der Waals surface area contributed by atoms with E-state index in [0.717, 1.165) is 71.2 Å². The summed E-state index contributed by atoms with van der Waals surface area (Å²) in [7, 11) is 0. The zero-order chi connectivity index (χ0) is 25.5. The Morgan fingerprint density at radius 3 is 2.23 bits per heavy atom. The molecule has 6 heteroatoms. The molecule has 0 unspecified atom stereocenters. The van der Waals surface area contributed by atoms with E-state index >= 15 is 0 Å². The van der Waals surface area contributed by atoms with Crippen molar-refractivity contribution in [1.82, 2.24) is 14.7 Å². The molecule has 0 atom stereocenters. The molecule has 0 bridgehead atoms. The van der Waals surface area contributed by atoms with Gasteiger partial charge in [0.15, 0.2) is 0 Å². The summed E-state index contributed by atoms with van der Waals surface area (Å²) in [5, 5.41) is 0. The van der Waals surface area contributed by atoms with E-state index in [9.17, 15) is 9.59 Å². The maximum atomic E-state index is 13.0.